The maximum atomic E-state index is 12.0. The summed E-state index contributed by atoms with van der Waals surface area (Å²) >= 11 is 0. The van der Waals surface area contributed by atoms with E-state index in [1.54, 1.807) is 12.4 Å². The van der Waals surface area contributed by atoms with Gasteiger partial charge in [-0.2, -0.15) is 0 Å². The Morgan fingerprint density at radius 3 is 2.79 bits per heavy atom. The smallest absolute Gasteiger partial charge is 0.220 e. The van der Waals surface area contributed by atoms with E-state index in [0.29, 0.717) is 18.9 Å². The second kappa shape index (κ2) is 7.24. The van der Waals surface area contributed by atoms with Gasteiger partial charge in [0.2, 0.25) is 5.91 Å². The van der Waals surface area contributed by atoms with Gasteiger partial charge in [-0.15, -0.1) is 0 Å². The van der Waals surface area contributed by atoms with Crippen LogP contribution in [0, 0.1) is 5.92 Å². The summed E-state index contributed by atoms with van der Waals surface area (Å²) < 4.78 is 0. The molecule has 4 heteroatoms. The number of amides is 1. The Bertz CT molecular complexity index is 394. The highest BCUT2D eigenvalue weighted by molar-refractivity contribution is 5.76. The lowest BCUT2D eigenvalue weighted by Crippen LogP contribution is -2.44. The maximum absolute atomic E-state index is 12.0. The zero-order valence-corrected chi connectivity index (χ0v) is 11.3. The van der Waals surface area contributed by atoms with E-state index in [1.165, 1.54) is 12.8 Å². The molecule has 19 heavy (non-hydrogen) atoms. The third-order valence-corrected chi connectivity index (χ3v) is 3.95. The summed E-state index contributed by atoms with van der Waals surface area (Å²) in [6, 6.07) is 4.19. The molecule has 2 unspecified atom stereocenters. The van der Waals surface area contributed by atoms with Gasteiger partial charge < -0.3 is 11.1 Å². The highest BCUT2D eigenvalue weighted by atomic mass is 16.1. The summed E-state index contributed by atoms with van der Waals surface area (Å²) in [7, 11) is 0. The van der Waals surface area contributed by atoms with Crippen molar-refractivity contribution in [2.75, 3.05) is 6.54 Å². The normalized spacial score (nSPS) is 23.0. The standard InChI is InChI=1S/C15H23N3O/c16-11-13-3-1-2-4-14(13)18-15(19)6-5-12-7-9-17-10-8-12/h7-10,13-14H,1-6,11,16H2,(H,18,19). The molecule has 0 aliphatic heterocycles. The molecule has 2 rings (SSSR count). The van der Waals surface area contributed by atoms with E-state index in [9.17, 15) is 4.79 Å². The van der Waals surface area contributed by atoms with Gasteiger partial charge in [0.15, 0.2) is 0 Å². The van der Waals surface area contributed by atoms with Crippen molar-refractivity contribution in [2.24, 2.45) is 11.7 Å². The van der Waals surface area contributed by atoms with E-state index in [4.69, 9.17) is 5.73 Å². The van der Waals surface area contributed by atoms with Gasteiger partial charge in [-0.05, 0) is 49.4 Å². The van der Waals surface area contributed by atoms with Crippen LogP contribution in [0.1, 0.15) is 37.7 Å². The highest BCUT2D eigenvalue weighted by Crippen LogP contribution is 2.23. The Balaban J connectivity index is 1.77. The Morgan fingerprint density at radius 1 is 1.32 bits per heavy atom. The Labute approximate surface area is 114 Å². The molecule has 0 saturated heterocycles. The Morgan fingerprint density at radius 2 is 2.05 bits per heavy atom. The summed E-state index contributed by atoms with van der Waals surface area (Å²) in [5.74, 6) is 0.598. The van der Waals surface area contributed by atoms with E-state index in [1.807, 2.05) is 12.1 Å². The third kappa shape index (κ3) is 4.31. The molecule has 1 saturated carbocycles. The monoisotopic (exact) mass is 261 g/mol. The number of rotatable bonds is 5. The maximum Gasteiger partial charge on any atom is 0.220 e. The first-order valence-electron chi connectivity index (χ1n) is 7.18. The number of carbonyl (C=O) groups is 1. The van der Waals surface area contributed by atoms with Crippen LogP contribution in [-0.4, -0.2) is 23.5 Å². The Kier molecular flexibility index (Phi) is 5.33. The molecule has 104 valence electrons. The lowest BCUT2D eigenvalue weighted by molar-refractivity contribution is -0.122. The first kappa shape index (κ1) is 14.0. The quantitative estimate of drug-likeness (QED) is 0.847. The number of hydrogen-bond donors (Lipinski definition) is 2. The van der Waals surface area contributed by atoms with E-state index in [0.717, 1.165) is 24.8 Å². The first-order chi connectivity index (χ1) is 9.29. The van der Waals surface area contributed by atoms with Gasteiger partial charge in [0.1, 0.15) is 0 Å². The van der Waals surface area contributed by atoms with Crippen molar-refractivity contribution in [1.29, 1.82) is 0 Å². The van der Waals surface area contributed by atoms with E-state index < -0.39 is 0 Å². The molecular formula is C15H23N3O. The fourth-order valence-corrected chi connectivity index (χ4v) is 2.77. The minimum atomic E-state index is 0.141. The number of pyridine rings is 1. The van der Waals surface area contributed by atoms with Crippen LogP contribution in [0.3, 0.4) is 0 Å². The van der Waals surface area contributed by atoms with E-state index in [2.05, 4.69) is 10.3 Å². The van der Waals surface area contributed by atoms with Gasteiger partial charge in [0.25, 0.3) is 0 Å². The summed E-state index contributed by atoms with van der Waals surface area (Å²) in [6.07, 6.45) is 9.50. The summed E-state index contributed by atoms with van der Waals surface area (Å²) in [4.78, 5) is 16.0. The topological polar surface area (TPSA) is 68.0 Å². The predicted octanol–water partition coefficient (Wildman–Crippen LogP) is 1.65. The number of nitrogens with zero attached hydrogens (tertiary/aromatic N) is 1. The molecule has 1 aromatic heterocycles. The van der Waals surface area contributed by atoms with Gasteiger partial charge in [0.05, 0.1) is 0 Å². The fraction of sp³-hybridized carbons (Fsp3) is 0.600. The molecule has 1 aromatic rings. The minimum absolute atomic E-state index is 0.141. The average molecular weight is 261 g/mol. The molecule has 3 N–H and O–H groups in total. The number of nitrogens with one attached hydrogen (secondary N) is 1. The lowest BCUT2D eigenvalue weighted by atomic mass is 9.84. The second-order valence-corrected chi connectivity index (χ2v) is 5.31. The van der Waals surface area contributed by atoms with Gasteiger partial charge in [0, 0.05) is 24.9 Å². The van der Waals surface area contributed by atoms with Crippen LogP contribution in [-0.2, 0) is 11.2 Å². The molecule has 0 spiro atoms. The molecule has 0 bridgehead atoms. The SMILES string of the molecule is NCC1CCCCC1NC(=O)CCc1ccncc1. The predicted molar refractivity (Wildman–Crippen MR) is 75.5 cm³/mol. The number of aryl methyl sites for hydroxylation is 1. The number of carbonyl (C=O) groups excluding carboxylic acids is 1. The van der Waals surface area contributed by atoms with Crippen molar-refractivity contribution in [2.45, 2.75) is 44.6 Å². The molecule has 1 amide bonds. The fourth-order valence-electron chi connectivity index (χ4n) is 2.77. The lowest BCUT2D eigenvalue weighted by Gasteiger charge is -2.31. The third-order valence-electron chi connectivity index (χ3n) is 3.95. The number of nitrogens with two attached hydrogens (primary N) is 1. The molecule has 0 aromatic carbocycles. The average Bonchev–Trinajstić information content (AvgIpc) is 2.47. The molecular weight excluding hydrogens is 238 g/mol. The second-order valence-electron chi connectivity index (χ2n) is 5.31. The highest BCUT2D eigenvalue weighted by Gasteiger charge is 2.24. The zero-order chi connectivity index (χ0) is 13.5. The largest absolute Gasteiger partial charge is 0.353 e. The minimum Gasteiger partial charge on any atom is -0.353 e. The van der Waals surface area contributed by atoms with Crippen LogP contribution in [0.4, 0.5) is 0 Å². The van der Waals surface area contributed by atoms with Gasteiger partial charge in [-0.25, -0.2) is 0 Å². The molecule has 1 aliphatic carbocycles. The molecule has 0 radical (unpaired) electrons. The van der Waals surface area contributed by atoms with Crippen molar-refractivity contribution in [3.63, 3.8) is 0 Å². The van der Waals surface area contributed by atoms with Crippen molar-refractivity contribution in [3.8, 4) is 0 Å². The zero-order valence-electron chi connectivity index (χ0n) is 11.3. The van der Waals surface area contributed by atoms with Crippen molar-refractivity contribution < 1.29 is 4.79 Å². The first-order valence-corrected chi connectivity index (χ1v) is 7.18. The molecule has 2 atom stereocenters. The Hall–Kier alpha value is -1.42. The molecule has 1 aliphatic rings. The number of aromatic nitrogens is 1. The van der Waals surface area contributed by atoms with E-state index >= 15 is 0 Å². The van der Waals surface area contributed by atoms with Crippen LogP contribution in [0.2, 0.25) is 0 Å². The molecule has 4 nitrogen and oxygen atoms in total. The number of hydrogen-bond acceptors (Lipinski definition) is 3. The van der Waals surface area contributed by atoms with Gasteiger partial charge in [-0.1, -0.05) is 12.8 Å². The van der Waals surface area contributed by atoms with E-state index in [-0.39, 0.29) is 11.9 Å². The van der Waals surface area contributed by atoms with Crippen molar-refractivity contribution in [3.05, 3.63) is 30.1 Å². The van der Waals surface area contributed by atoms with Gasteiger partial charge in [-0.3, -0.25) is 9.78 Å². The summed E-state index contributed by atoms with van der Waals surface area (Å²) in [6.45, 7) is 0.676. The van der Waals surface area contributed by atoms with Crippen LogP contribution in [0.25, 0.3) is 0 Å². The van der Waals surface area contributed by atoms with Crippen LogP contribution >= 0.6 is 0 Å². The van der Waals surface area contributed by atoms with Crippen molar-refractivity contribution in [1.82, 2.24) is 10.3 Å². The van der Waals surface area contributed by atoms with Crippen LogP contribution in [0.15, 0.2) is 24.5 Å². The molecule has 1 heterocycles. The van der Waals surface area contributed by atoms with Crippen LogP contribution < -0.4 is 11.1 Å². The molecule has 1 fully saturated rings. The van der Waals surface area contributed by atoms with Crippen LogP contribution in [0.5, 0.6) is 0 Å². The summed E-state index contributed by atoms with van der Waals surface area (Å²) in [5, 5.41) is 3.16. The van der Waals surface area contributed by atoms with Gasteiger partial charge >= 0.3 is 0 Å². The summed E-state index contributed by atoms with van der Waals surface area (Å²) in [5.41, 5.74) is 6.93. The van der Waals surface area contributed by atoms with Crippen molar-refractivity contribution >= 4 is 5.91 Å².